The number of benzene rings is 2. The van der Waals surface area contributed by atoms with E-state index in [9.17, 15) is 29.1 Å². The number of nitrogens with zero attached hydrogens (tertiary/aromatic N) is 7. The van der Waals surface area contributed by atoms with E-state index in [1.165, 1.54) is 65.2 Å². The van der Waals surface area contributed by atoms with Gasteiger partial charge in [-0.05, 0) is 106 Å². The Bertz CT molecular complexity index is 3110. The Kier molecular flexibility index (Phi) is 28.1. The van der Waals surface area contributed by atoms with Gasteiger partial charge in [-0.25, -0.2) is 4.98 Å². The zero-order valence-corrected chi connectivity index (χ0v) is 57.3. The van der Waals surface area contributed by atoms with Gasteiger partial charge in [-0.15, -0.1) is 0 Å². The number of hydrogen-bond acceptors (Lipinski definition) is 12. The lowest BCUT2D eigenvalue weighted by atomic mass is 9.94. The van der Waals surface area contributed by atoms with Crippen molar-refractivity contribution in [1.82, 2.24) is 55.3 Å². The van der Waals surface area contributed by atoms with Crippen molar-refractivity contribution in [1.29, 1.82) is 0 Å². The van der Waals surface area contributed by atoms with Gasteiger partial charge in [0.2, 0.25) is 59.1 Å². The van der Waals surface area contributed by atoms with Crippen LogP contribution < -0.4 is 21.7 Å². The molecular weight excluding hydrogens is 1200 g/mol. The van der Waals surface area contributed by atoms with Gasteiger partial charge in [0.05, 0.1) is 18.9 Å². The molecule has 1 saturated carbocycles. The number of allylic oxidation sites excluding steroid dienone is 3. The number of rotatable bonds is 34. The van der Waals surface area contributed by atoms with E-state index in [0.717, 1.165) is 30.4 Å². The second-order valence-electron chi connectivity index (χ2n) is 27.3. The summed E-state index contributed by atoms with van der Waals surface area (Å²) in [5.41, 5.74) is 8.63. The highest BCUT2D eigenvalue weighted by atomic mass is 16.3. The predicted molar refractivity (Wildman–Crippen MR) is 358 cm³/mol. The molecule has 6 rings (SSSR count). The Morgan fingerprint density at radius 2 is 1.11 bits per heavy atom. The minimum Gasteiger partial charge on any atom is -0.393 e. The van der Waals surface area contributed by atoms with Crippen molar-refractivity contribution in [3.63, 3.8) is 0 Å². The van der Waals surface area contributed by atoms with Crippen LogP contribution in [0.25, 0.3) is 0 Å². The highest BCUT2D eigenvalue weighted by Gasteiger charge is 2.49. The van der Waals surface area contributed by atoms with Gasteiger partial charge in [0.15, 0.2) is 0 Å². The van der Waals surface area contributed by atoms with Gasteiger partial charge in [0.25, 0.3) is 0 Å². The summed E-state index contributed by atoms with van der Waals surface area (Å²) in [4.78, 5) is 162. The topological polar surface area (TPSA) is 301 Å². The number of aromatic nitrogens is 2. The minimum atomic E-state index is -1.40. The number of nitrogens with one attached hydrogen (secondary N) is 4. The Morgan fingerprint density at radius 1 is 0.596 bits per heavy atom. The van der Waals surface area contributed by atoms with Crippen LogP contribution in [-0.2, 0) is 67.2 Å². The summed E-state index contributed by atoms with van der Waals surface area (Å²) in [5, 5.41) is 19.1. The molecule has 0 spiro atoms. The van der Waals surface area contributed by atoms with Crippen LogP contribution in [0.3, 0.4) is 0 Å². The lowest BCUT2D eigenvalue weighted by Gasteiger charge is -2.38. The number of likely N-dealkylation sites (N-methyl/N-ethyl adjacent to an activating group) is 5. The number of nitrogens with two attached hydrogens (primary N) is 1. The number of carbonyl (C=O) groups excluding carboxylic acids is 10. The number of piperidine rings is 1. The third-order valence-electron chi connectivity index (χ3n) is 18.5. The van der Waals surface area contributed by atoms with E-state index >= 15 is 24.0 Å². The molecule has 1 saturated heterocycles. The Morgan fingerprint density at radius 3 is 1.62 bits per heavy atom. The van der Waals surface area contributed by atoms with Crippen LogP contribution in [0.4, 0.5) is 0 Å². The van der Waals surface area contributed by atoms with Crippen molar-refractivity contribution in [2.24, 2.45) is 35.3 Å². The monoisotopic (exact) mass is 1300 g/mol. The molecule has 1 unspecified atom stereocenters. The van der Waals surface area contributed by atoms with Crippen molar-refractivity contribution >= 4 is 59.1 Å². The third-order valence-corrected chi connectivity index (χ3v) is 18.5. The molecule has 2 heterocycles. The quantitative estimate of drug-likeness (QED) is 0.0473. The first-order chi connectivity index (χ1) is 44.6. The Hall–Kier alpha value is -8.21. The summed E-state index contributed by atoms with van der Waals surface area (Å²) in [7, 11) is 7.45. The summed E-state index contributed by atoms with van der Waals surface area (Å²) < 4.78 is 0. The first-order valence-corrected chi connectivity index (χ1v) is 33.5. The molecule has 3 aliphatic rings. The van der Waals surface area contributed by atoms with Gasteiger partial charge in [-0.3, -0.25) is 47.9 Å². The second-order valence-corrected chi connectivity index (χ2v) is 27.3. The molecule has 23 heteroatoms. The number of aliphatic hydroxyl groups excluding tert-OH is 1. The molecule has 2 aliphatic carbocycles. The molecule has 0 bridgehead atoms. The third kappa shape index (κ3) is 21.1. The van der Waals surface area contributed by atoms with E-state index in [0.29, 0.717) is 50.0 Å². The van der Waals surface area contributed by atoms with E-state index < -0.39 is 120 Å². The minimum absolute atomic E-state index is 0.0142. The maximum atomic E-state index is 15.7. The molecule has 2 fully saturated rings. The predicted octanol–water partition coefficient (Wildman–Crippen LogP) is 4.74. The van der Waals surface area contributed by atoms with Crippen molar-refractivity contribution in [2.75, 3.05) is 48.3 Å². The fourth-order valence-electron chi connectivity index (χ4n) is 12.7. The highest BCUT2D eigenvalue weighted by Crippen LogP contribution is 2.43. The smallest absolute Gasteiger partial charge is 0.246 e. The van der Waals surface area contributed by atoms with Crippen molar-refractivity contribution in [2.45, 2.75) is 193 Å². The Labute approximate surface area is 555 Å². The van der Waals surface area contributed by atoms with Crippen LogP contribution in [0.5, 0.6) is 0 Å². The maximum Gasteiger partial charge on any atom is 0.246 e. The van der Waals surface area contributed by atoms with Crippen LogP contribution in [0, 0.1) is 29.6 Å². The van der Waals surface area contributed by atoms with E-state index in [2.05, 4.69) is 25.9 Å². The highest BCUT2D eigenvalue weighted by molar-refractivity contribution is 5.99. The average Bonchev–Trinajstić information content (AvgIpc) is 1.57. The van der Waals surface area contributed by atoms with Crippen molar-refractivity contribution in [3.05, 3.63) is 114 Å². The van der Waals surface area contributed by atoms with Crippen LogP contribution >= 0.6 is 0 Å². The second kappa shape index (κ2) is 35.3. The molecule has 11 atom stereocenters. The summed E-state index contributed by atoms with van der Waals surface area (Å²) >= 11 is 0. The molecule has 3 aromatic rings. The summed E-state index contributed by atoms with van der Waals surface area (Å²) in [6.45, 7) is 13.9. The van der Waals surface area contributed by atoms with Gasteiger partial charge < -0.3 is 61.2 Å². The van der Waals surface area contributed by atoms with Gasteiger partial charge in [-0.1, -0.05) is 126 Å². The van der Waals surface area contributed by atoms with E-state index in [4.69, 9.17) is 5.73 Å². The molecule has 1 aliphatic heterocycles. The number of aliphatic hydroxyl groups is 1. The van der Waals surface area contributed by atoms with E-state index in [1.807, 2.05) is 96.2 Å². The number of likely N-dealkylation sites (tertiary alicyclic amines) is 1. The number of hydrogen-bond donors (Lipinski definition) is 6. The lowest BCUT2D eigenvalue weighted by molar-refractivity contribution is -0.150. The van der Waals surface area contributed by atoms with E-state index in [1.54, 1.807) is 43.1 Å². The summed E-state index contributed by atoms with van der Waals surface area (Å²) in [5.74, 6) is -6.90. The van der Waals surface area contributed by atoms with Gasteiger partial charge in [0, 0.05) is 85.4 Å². The summed E-state index contributed by atoms with van der Waals surface area (Å²) in [6, 6.07) is 8.39. The fraction of sp³-hybridized carbons (Fsp3) is 0.592. The molecule has 2 aromatic carbocycles. The van der Waals surface area contributed by atoms with Crippen LogP contribution in [0.15, 0.2) is 97.0 Å². The molecule has 94 heavy (non-hydrogen) atoms. The van der Waals surface area contributed by atoms with Crippen LogP contribution in [-0.4, -0.2) is 206 Å². The van der Waals surface area contributed by atoms with Gasteiger partial charge in [-0.2, -0.15) is 0 Å². The number of carbonyl (C=O) groups is 10. The number of aromatic amines is 1. The molecule has 23 nitrogen and oxygen atoms in total. The zero-order chi connectivity index (χ0) is 69.1. The average molecular weight is 1300 g/mol. The molecule has 10 amide bonds. The molecule has 514 valence electrons. The first-order valence-electron chi connectivity index (χ1n) is 33.5. The van der Waals surface area contributed by atoms with Crippen LogP contribution in [0.1, 0.15) is 136 Å². The number of imidazole rings is 1. The first kappa shape index (κ1) is 74.8. The normalized spacial score (nSPS) is 18.2. The van der Waals surface area contributed by atoms with Crippen molar-refractivity contribution < 1.29 is 53.1 Å². The fourth-order valence-corrected chi connectivity index (χ4v) is 12.7. The standard InChI is InChI=1S/C71H104N12O11/c1-44(2)33-54(75-64(87)58(34-45(3)4)79(9)67(90)53-40-52(53)47(7)84)68(91)82(12)61(38-50-29-21-15-22-30-50)71(94)81(11)60(37-49-27-19-14-20-28-49)66(89)76-55(39-51-42-73-43-74-51)69(92)80(10)59(35-46(5)6)65(88)77-56(70(93)83-31-23-16-24-32-83)41-62(85)78(8)57(63(72)86)36-48-25-17-13-18-26-48/h13-15,17-21,25-29,42-47,52-61,84H,16,22-24,30-41H2,1-12H3,(H2,72,86)(H,73,74)(H,75,87)(H,76,89)(H,77,88)/t47-,52+,53?,54+,55+,56+,57+,58+,59+,60+,61+/m1/s1. The maximum absolute atomic E-state index is 15.7. The zero-order valence-electron chi connectivity index (χ0n) is 57.3. The van der Waals surface area contributed by atoms with Crippen molar-refractivity contribution in [3.8, 4) is 0 Å². The molecule has 0 radical (unpaired) electrons. The lowest BCUT2D eigenvalue weighted by Crippen LogP contribution is -2.61. The molecular formula is C71H104N12O11. The Balaban J connectivity index is 1.31. The number of H-pyrrole nitrogens is 1. The SMILES string of the molecule is CC(C)C[C@H](NC(=O)[C@H](CC(C)C)N(C)C(=O)C1C[C@H]1[C@@H](C)O)C(=O)N(C)[C@@H](CC1=CC=CCC1)C(=O)N(C)[C@@H](Cc1ccccc1)C(=O)N[C@@H](Cc1cnc[nH]1)C(=O)N(C)[C@@H](CC(C)C)C(=O)N[C@@H](CC(=O)N(C)[C@@H](Cc1ccccc1)C(N)=O)C(=O)N1CCCCC1. The largest absolute Gasteiger partial charge is 0.393 e. The number of primary amides is 1. The number of amides is 10. The molecule has 1 aromatic heterocycles. The summed E-state index contributed by atoms with van der Waals surface area (Å²) in [6.07, 6.45) is 12.3. The van der Waals surface area contributed by atoms with Gasteiger partial charge in [0.1, 0.15) is 48.3 Å². The van der Waals surface area contributed by atoms with Gasteiger partial charge >= 0.3 is 0 Å². The molecule has 7 N–H and O–H groups in total. The van der Waals surface area contributed by atoms with E-state index in [-0.39, 0.29) is 68.1 Å². The van der Waals surface area contributed by atoms with Crippen LogP contribution in [0.2, 0.25) is 0 Å².